The van der Waals surface area contributed by atoms with Crippen LogP contribution in [-0.4, -0.2) is 66.9 Å². The van der Waals surface area contributed by atoms with E-state index >= 15 is 0 Å². The zero-order valence-corrected chi connectivity index (χ0v) is 19.5. The first-order chi connectivity index (χ1) is 16.3. The quantitative estimate of drug-likeness (QED) is 0.610. The van der Waals surface area contributed by atoms with Crippen LogP contribution >= 0.6 is 0 Å². The predicted molar refractivity (Wildman–Crippen MR) is 128 cm³/mol. The predicted octanol–water partition coefficient (Wildman–Crippen LogP) is 2.88. The largest absolute Gasteiger partial charge is 0.455 e. The molecular weight excluding hydrogens is 436 g/mol. The number of nitrogens with zero attached hydrogens (tertiary/aromatic N) is 2. The minimum Gasteiger partial charge on any atom is -0.455 e. The van der Waals surface area contributed by atoms with Crippen molar-refractivity contribution in [2.75, 3.05) is 43.9 Å². The number of benzene rings is 2. The normalized spacial score (nSPS) is 15.2. The number of urea groups is 1. The van der Waals surface area contributed by atoms with Crippen molar-refractivity contribution in [1.82, 2.24) is 9.80 Å². The van der Waals surface area contributed by atoms with Crippen LogP contribution in [0.5, 0.6) is 0 Å². The van der Waals surface area contributed by atoms with Crippen LogP contribution in [0.3, 0.4) is 0 Å². The van der Waals surface area contributed by atoms with Crippen molar-refractivity contribution < 1.29 is 23.9 Å². The van der Waals surface area contributed by atoms with E-state index in [9.17, 15) is 19.2 Å². The highest BCUT2D eigenvalue weighted by molar-refractivity contribution is 5.95. The van der Waals surface area contributed by atoms with Crippen LogP contribution in [-0.2, 0) is 19.1 Å². The van der Waals surface area contributed by atoms with Crippen LogP contribution in [0.1, 0.15) is 18.4 Å². The molecule has 0 bridgehead atoms. The highest BCUT2D eigenvalue weighted by atomic mass is 16.5. The van der Waals surface area contributed by atoms with Crippen molar-refractivity contribution in [2.45, 2.75) is 19.8 Å². The maximum atomic E-state index is 12.5. The lowest BCUT2D eigenvalue weighted by Crippen LogP contribution is -2.45. The summed E-state index contributed by atoms with van der Waals surface area (Å²) < 4.78 is 5.20. The van der Waals surface area contributed by atoms with E-state index < -0.39 is 24.4 Å². The van der Waals surface area contributed by atoms with Gasteiger partial charge in [-0.05, 0) is 44.0 Å². The van der Waals surface area contributed by atoms with Crippen LogP contribution in [0.4, 0.5) is 16.2 Å². The molecule has 2 N–H and O–H groups in total. The fourth-order valence-electron chi connectivity index (χ4n) is 3.58. The molecule has 1 aliphatic heterocycles. The summed E-state index contributed by atoms with van der Waals surface area (Å²) in [7, 11) is 1.47. The number of nitrogens with one attached hydrogen (secondary N) is 2. The van der Waals surface area contributed by atoms with Gasteiger partial charge in [-0.25, -0.2) is 4.79 Å². The topological polar surface area (TPSA) is 108 Å². The molecule has 34 heavy (non-hydrogen) atoms. The van der Waals surface area contributed by atoms with E-state index in [2.05, 4.69) is 10.6 Å². The Morgan fingerprint density at radius 2 is 1.68 bits per heavy atom. The molecule has 1 unspecified atom stereocenters. The molecule has 1 aliphatic rings. The SMILES string of the molecule is Cc1ccc(NC(=O)CN(C)C(=O)COC(=O)C2CCCN(C(=O)Nc3ccccc3)C2)cc1. The number of ether oxygens (including phenoxy) is 1. The average molecular weight is 467 g/mol. The first-order valence-corrected chi connectivity index (χ1v) is 11.2. The number of likely N-dealkylation sites (tertiary alicyclic amines) is 1. The van der Waals surface area contributed by atoms with E-state index in [0.29, 0.717) is 30.8 Å². The van der Waals surface area contributed by atoms with Gasteiger partial charge in [0, 0.05) is 31.5 Å². The molecule has 1 saturated heterocycles. The number of anilines is 2. The van der Waals surface area contributed by atoms with Gasteiger partial charge >= 0.3 is 12.0 Å². The molecule has 1 fully saturated rings. The summed E-state index contributed by atoms with van der Waals surface area (Å²) in [5.41, 5.74) is 2.39. The highest BCUT2D eigenvalue weighted by Crippen LogP contribution is 2.19. The Balaban J connectivity index is 1.41. The van der Waals surface area contributed by atoms with E-state index in [0.717, 1.165) is 5.56 Å². The van der Waals surface area contributed by atoms with Crippen LogP contribution in [0.25, 0.3) is 0 Å². The van der Waals surface area contributed by atoms with Crippen LogP contribution in [0, 0.1) is 12.8 Å². The average Bonchev–Trinajstić information content (AvgIpc) is 2.84. The second-order valence-electron chi connectivity index (χ2n) is 8.35. The summed E-state index contributed by atoms with van der Waals surface area (Å²) in [6.07, 6.45) is 1.24. The number of amides is 4. The maximum Gasteiger partial charge on any atom is 0.321 e. The van der Waals surface area contributed by atoms with E-state index in [1.54, 1.807) is 29.2 Å². The number of aryl methyl sites for hydroxylation is 1. The van der Waals surface area contributed by atoms with Gasteiger partial charge in [-0.15, -0.1) is 0 Å². The Hall–Kier alpha value is -3.88. The summed E-state index contributed by atoms with van der Waals surface area (Å²) in [6.45, 7) is 2.09. The van der Waals surface area contributed by atoms with E-state index in [4.69, 9.17) is 4.74 Å². The lowest BCUT2D eigenvalue weighted by Gasteiger charge is -2.31. The molecule has 2 aromatic carbocycles. The zero-order chi connectivity index (χ0) is 24.5. The van der Waals surface area contributed by atoms with Gasteiger partial charge in [0.05, 0.1) is 12.5 Å². The van der Waals surface area contributed by atoms with E-state index in [1.807, 2.05) is 37.3 Å². The third-order valence-electron chi connectivity index (χ3n) is 5.55. The Morgan fingerprint density at radius 3 is 2.38 bits per heavy atom. The monoisotopic (exact) mass is 466 g/mol. The minimum absolute atomic E-state index is 0.166. The standard InChI is InChI=1S/C25H30N4O5/c1-18-10-12-21(13-11-18)26-22(30)16-28(2)23(31)17-34-24(32)19-7-6-14-29(15-19)25(33)27-20-8-4-3-5-9-20/h3-5,8-13,19H,6-7,14-17H2,1-2H3,(H,26,30)(H,27,33). The Kier molecular flexibility index (Phi) is 8.61. The van der Waals surface area contributed by atoms with Crippen molar-refractivity contribution >= 4 is 35.2 Å². The number of piperidine rings is 1. The van der Waals surface area contributed by atoms with Gasteiger partial charge in [-0.2, -0.15) is 0 Å². The molecule has 2 aromatic rings. The van der Waals surface area contributed by atoms with Crippen molar-refractivity contribution in [3.05, 3.63) is 60.2 Å². The molecule has 0 saturated carbocycles. The molecular formula is C25H30N4O5. The number of para-hydroxylation sites is 1. The number of hydrogen-bond donors (Lipinski definition) is 2. The second kappa shape index (κ2) is 11.8. The summed E-state index contributed by atoms with van der Waals surface area (Å²) in [4.78, 5) is 52.3. The van der Waals surface area contributed by atoms with Gasteiger partial charge in [0.25, 0.3) is 5.91 Å². The number of carbonyl (C=O) groups excluding carboxylic acids is 4. The molecule has 9 nitrogen and oxygen atoms in total. The van der Waals surface area contributed by atoms with Crippen molar-refractivity contribution in [3.8, 4) is 0 Å². The van der Waals surface area contributed by atoms with Crippen LogP contribution in [0.15, 0.2) is 54.6 Å². The maximum absolute atomic E-state index is 12.5. The molecule has 0 radical (unpaired) electrons. The zero-order valence-electron chi connectivity index (χ0n) is 19.5. The fraction of sp³-hybridized carbons (Fsp3) is 0.360. The van der Waals surface area contributed by atoms with Gasteiger partial charge in [0.1, 0.15) is 0 Å². The van der Waals surface area contributed by atoms with Crippen molar-refractivity contribution in [1.29, 1.82) is 0 Å². The summed E-state index contributed by atoms with van der Waals surface area (Å²) in [5.74, 6) is -1.86. The first-order valence-electron chi connectivity index (χ1n) is 11.2. The first kappa shape index (κ1) is 24.8. The fourth-order valence-corrected chi connectivity index (χ4v) is 3.58. The molecule has 1 atom stereocenters. The highest BCUT2D eigenvalue weighted by Gasteiger charge is 2.30. The number of carbonyl (C=O) groups is 4. The number of hydrogen-bond acceptors (Lipinski definition) is 5. The molecule has 0 spiro atoms. The van der Waals surface area contributed by atoms with Crippen LogP contribution < -0.4 is 10.6 Å². The smallest absolute Gasteiger partial charge is 0.321 e. The molecule has 0 aromatic heterocycles. The van der Waals surface area contributed by atoms with Gasteiger partial charge in [-0.1, -0.05) is 35.9 Å². The Morgan fingerprint density at radius 1 is 1.00 bits per heavy atom. The summed E-state index contributed by atoms with van der Waals surface area (Å²) in [5, 5.41) is 5.53. The lowest BCUT2D eigenvalue weighted by molar-refractivity contribution is -0.156. The van der Waals surface area contributed by atoms with Crippen molar-refractivity contribution in [2.24, 2.45) is 5.92 Å². The van der Waals surface area contributed by atoms with Crippen molar-refractivity contribution in [3.63, 3.8) is 0 Å². The molecule has 4 amide bonds. The Labute approximate surface area is 199 Å². The molecule has 0 aliphatic carbocycles. The number of esters is 1. The minimum atomic E-state index is -0.525. The van der Waals surface area contributed by atoms with Gasteiger partial charge in [0.15, 0.2) is 6.61 Å². The van der Waals surface area contributed by atoms with Gasteiger partial charge < -0.3 is 25.2 Å². The molecule has 9 heteroatoms. The molecule has 180 valence electrons. The van der Waals surface area contributed by atoms with Crippen LogP contribution in [0.2, 0.25) is 0 Å². The molecule has 3 rings (SSSR count). The number of likely N-dealkylation sites (N-methyl/N-ethyl adjacent to an activating group) is 1. The van der Waals surface area contributed by atoms with E-state index in [-0.39, 0.29) is 25.0 Å². The third-order valence-corrected chi connectivity index (χ3v) is 5.55. The second-order valence-corrected chi connectivity index (χ2v) is 8.35. The lowest BCUT2D eigenvalue weighted by atomic mass is 9.98. The summed E-state index contributed by atoms with van der Waals surface area (Å²) >= 11 is 0. The van der Waals surface area contributed by atoms with E-state index in [1.165, 1.54) is 11.9 Å². The summed E-state index contributed by atoms with van der Waals surface area (Å²) in [6, 6.07) is 16.1. The molecule has 1 heterocycles. The number of rotatable bonds is 7. The van der Waals surface area contributed by atoms with Gasteiger partial charge in [-0.3, -0.25) is 14.4 Å². The third kappa shape index (κ3) is 7.33. The Bertz CT molecular complexity index is 1010. The van der Waals surface area contributed by atoms with Gasteiger partial charge in [0.2, 0.25) is 5.91 Å².